The number of aromatic nitrogens is 1. The van der Waals surface area contributed by atoms with Gasteiger partial charge < -0.3 is 25.8 Å². The van der Waals surface area contributed by atoms with E-state index < -0.39 is 37.1 Å². The third-order valence-corrected chi connectivity index (χ3v) is 3.61. The fourth-order valence-electron chi connectivity index (χ4n) is 2.42. The van der Waals surface area contributed by atoms with Crippen molar-refractivity contribution in [3.63, 3.8) is 0 Å². The lowest BCUT2D eigenvalue weighted by Gasteiger charge is -2.16. The Bertz CT molecular complexity index is 758. The van der Waals surface area contributed by atoms with Crippen molar-refractivity contribution in [3.05, 3.63) is 36.0 Å². The summed E-state index contributed by atoms with van der Waals surface area (Å²) in [4.78, 5) is 37.2. The summed E-state index contributed by atoms with van der Waals surface area (Å²) in [5, 5.41) is 25.8. The lowest BCUT2D eigenvalue weighted by Crippen LogP contribution is -2.48. The van der Waals surface area contributed by atoms with Crippen molar-refractivity contribution < 1.29 is 24.6 Å². The highest BCUT2D eigenvalue weighted by atomic mass is 16.4. The number of para-hydroxylation sites is 1. The molecule has 0 saturated carbocycles. The Hall–Kier alpha value is -2.91. The van der Waals surface area contributed by atoms with E-state index in [4.69, 9.17) is 10.2 Å². The van der Waals surface area contributed by atoms with Crippen LogP contribution in [0.25, 0.3) is 10.9 Å². The maximum Gasteiger partial charge on any atom is 0.322 e. The van der Waals surface area contributed by atoms with E-state index in [2.05, 4.69) is 20.9 Å². The van der Waals surface area contributed by atoms with Gasteiger partial charge in [0.25, 0.3) is 0 Å². The van der Waals surface area contributed by atoms with Crippen LogP contribution >= 0.6 is 0 Å². The number of hydrogen-bond donors (Lipinski definition) is 6. The minimum absolute atomic E-state index is 0.313. The van der Waals surface area contributed by atoms with Gasteiger partial charge in [0.2, 0.25) is 11.8 Å². The number of carbonyl (C=O) groups is 3. The molecule has 134 valence electrons. The zero-order chi connectivity index (χ0) is 18.2. The maximum absolute atomic E-state index is 12.2. The Labute approximate surface area is 143 Å². The van der Waals surface area contributed by atoms with Gasteiger partial charge >= 0.3 is 5.97 Å². The van der Waals surface area contributed by atoms with Crippen LogP contribution in [-0.2, 0) is 20.8 Å². The molecule has 0 aliphatic heterocycles. The van der Waals surface area contributed by atoms with Gasteiger partial charge in [-0.2, -0.15) is 0 Å². The number of aliphatic hydroxyl groups is 1. The van der Waals surface area contributed by atoms with E-state index in [0.29, 0.717) is 6.42 Å². The number of aliphatic carboxylic acids is 1. The third kappa shape index (κ3) is 5.30. The number of amides is 2. The van der Waals surface area contributed by atoms with Crippen molar-refractivity contribution in [1.29, 1.82) is 0 Å². The summed E-state index contributed by atoms with van der Waals surface area (Å²) in [5.41, 5.74) is 1.83. The number of carboxylic acid groups (broad SMARTS) is 1. The van der Waals surface area contributed by atoms with Crippen LogP contribution in [0, 0.1) is 0 Å². The Morgan fingerprint density at radius 3 is 2.60 bits per heavy atom. The number of carboxylic acids is 1. The zero-order valence-corrected chi connectivity index (χ0v) is 13.4. The molecule has 1 heterocycles. The molecule has 0 spiro atoms. The predicted molar refractivity (Wildman–Crippen MR) is 89.7 cm³/mol. The van der Waals surface area contributed by atoms with Crippen molar-refractivity contribution in [2.45, 2.75) is 12.5 Å². The number of aromatic amines is 1. The Morgan fingerprint density at radius 2 is 1.88 bits per heavy atom. The molecule has 0 unspecified atom stereocenters. The van der Waals surface area contributed by atoms with Crippen molar-refractivity contribution in [3.8, 4) is 0 Å². The monoisotopic (exact) mass is 348 g/mol. The smallest absolute Gasteiger partial charge is 0.322 e. The van der Waals surface area contributed by atoms with E-state index in [0.717, 1.165) is 16.5 Å². The van der Waals surface area contributed by atoms with Gasteiger partial charge in [-0.15, -0.1) is 0 Å². The van der Waals surface area contributed by atoms with Gasteiger partial charge in [-0.25, -0.2) is 0 Å². The van der Waals surface area contributed by atoms with Crippen molar-refractivity contribution in [2.75, 3.05) is 19.8 Å². The second kappa shape index (κ2) is 8.81. The van der Waals surface area contributed by atoms with Crippen LogP contribution < -0.4 is 16.0 Å². The van der Waals surface area contributed by atoms with Crippen molar-refractivity contribution in [2.24, 2.45) is 0 Å². The van der Waals surface area contributed by atoms with Crippen molar-refractivity contribution in [1.82, 2.24) is 20.9 Å². The van der Waals surface area contributed by atoms with Gasteiger partial charge in [0.15, 0.2) is 0 Å². The standard InChI is InChI=1S/C16H20N4O5/c21-9-20-13(16(25)19-7-14(22)18-8-15(23)24)5-10-6-17-12-4-2-1-3-11(10)12/h1-4,6,13,17,20-21H,5,7-9H2,(H,18,22)(H,19,25)(H,23,24)/t13-/m0/s1. The Morgan fingerprint density at radius 1 is 1.12 bits per heavy atom. The molecule has 2 rings (SSSR count). The van der Waals surface area contributed by atoms with Crippen LogP contribution in [0.15, 0.2) is 30.5 Å². The molecule has 6 N–H and O–H groups in total. The third-order valence-electron chi connectivity index (χ3n) is 3.61. The highest BCUT2D eigenvalue weighted by molar-refractivity contribution is 5.89. The number of hydrogen-bond acceptors (Lipinski definition) is 5. The second-order valence-corrected chi connectivity index (χ2v) is 5.37. The van der Waals surface area contributed by atoms with Crippen LogP contribution in [0.3, 0.4) is 0 Å². The van der Waals surface area contributed by atoms with E-state index in [1.165, 1.54) is 0 Å². The molecule has 0 saturated heterocycles. The van der Waals surface area contributed by atoms with Gasteiger partial charge in [0, 0.05) is 17.1 Å². The molecule has 25 heavy (non-hydrogen) atoms. The predicted octanol–water partition coefficient (Wildman–Crippen LogP) is -1.06. The number of aliphatic hydroxyl groups excluding tert-OH is 1. The molecule has 9 heteroatoms. The Kier molecular flexibility index (Phi) is 6.49. The summed E-state index contributed by atoms with van der Waals surface area (Å²) in [6.07, 6.45) is 2.11. The molecule has 1 aromatic heterocycles. The lowest BCUT2D eigenvalue weighted by molar-refractivity contribution is -0.137. The molecule has 2 amide bonds. The lowest BCUT2D eigenvalue weighted by atomic mass is 10.0. The summed E-state index contributed by atoms with van der Waals surface area (Å²) in [6.45, 7) is -1.25. The molecule has 0 bridgehead atoms. The number of benzene rings is 1. The summed E-state index contributed by atoms with van der Waals surface area (Å²) in [6, 6.07) is 6.89. The normalized spacial score (nSPS) is 11.9. The highest BCUT2D eigenvalue weighted by Gasteiger charge is 2.20. The number of fused-ring (bicyclic) bond motifs is 1. The molecule has 0 radical (unpaired) electrons. The van der Waals surface area contributed by atoms with Gasteiger partial charge in [0.1, 0.15) is 6.54 Å². The number of nitrogens with one attached hydrogen (secondary N) is 4. The number of H-pyrrole nitrogens is 1. The van der Waals surface area contributed by atoms with Gasteiger partial charge in [-0.3, -0.25) is 19.7 Å². The molecule has 2 aromatic rings. The fourth-order valence-corrected chi connectivity index (χ4v) is 2.42. The second-order valence-electron chi connectivity index (χ2n) is 5.37. The molecular weight excluding hydrogens is 328 g/mol. The highest BCUT2D eigenvalue weighted by Crippen LogP contribution is 2.19. The number of rotatable bonds is 9. The summed E-state index contributed by atoms with van der Waals surface area (Å²) < 4.78 is 0. The van der Waals surface area contributed by atoms with Crippen LogP contribution in [0.5, 0.6) is 0 Å². The average Bonchev–Trinajstić information content (AvgIpc) is 3.00. The first-order chi connectivity index (χ1) is 12.0. The van der Waals surface area contributed by atoms with E-state index in [-0.39, 0.29) is 6.54 Å². The minimum Gasteiger partial charge on any atom is -0.480 e. The van der Waals surface area contributed by atoms with Crippen LogP contribution in [0.1, 0.15) is 5.56 Å². The average molecular weight is 348 g/mol. The van der Waals surface area contributed by atoms with Crippen LogP contribution in [0.4, 0.5) is 0 Å². The summed E-state index contributed by atoms with van der Waals surface area (Å²) in [7, 11) is 0. The first-order valence-corrected chi connectivity index (χ1v) is 7.66. The molecular formula is C16H20N4O5. The number of carbonyl (C=O) groups excluding carboxylic acids is 2. The molecule has 0 aliphatic rings. The summed E-state index contributed by atoms with van der Waals surface area (Å²) in [5.74, 6) is -2.24. The largest absolute Gasteiger partial charge is 0.480 e. The SMILES string of the molecule is O=C(O)CNC(=O)CNC(=O)[C@H](Cc1c[nH]c2ccccc12)NCO. The zero-order valence-electron chi connectivity index (χ0n) is 13.4. The topological polar surface area (TPSA) is 144 Å². The quantitative estimate of drug-likeness (QED) is 0.319. The first kappa shape index (κ1) is 18.4. The van der Waals surface area contributed by atoms with E-state index in [1.807, 2.05) is 24.3 Å². The molecule has 9 nitrogen and oxygen atoms in total. The van der Waals surface area contributed by atoms with Crippen LogP contribution in [0.2, 0.25) is 0 Å². The molecule has 0 aliphatic carbocycles. The fraction of sp³-hybridized carbons (Fsp3) is 0.312. The Balaban J connectivity index is 1.96. The van der Waals surface area contributed by atoms with Gasteiger partial charge in [0.05, 0.1) is 19.3 Å². The maximum atomic E-state index is 12.2. The van der Waals surface area contributed by atoms with Gasteiger partial charge in [-0.1, -0.05) is 18.2 Å². The van der Waals surface area contributed by atoms with E-state index in [9.17, 15) is 14.4 Å². The van der Waals surface area contributed by atoms with E-state index in [1.54, 1.807) is 6.20 Å². The van der Waals surface area contributed by atoms with Gasteiger partial charge in [-0.05, 0) is 18.1 Å². The molecule has 1 aromatic carbocycles. The molecule has 0 fully saturated rings. The van der Waals surface area contributed by atoms with Crippen LogP contribution in [-0.4, -0.2) is 58.8 Å². The molecule has 1 atom stereocenters. The minimum atomic E-state index is -1.17. The van der Waals surface area contributed by atoms with Crippen molar-refractivity contribution >= 4 is 28.7 Å². The summed E-state index contributed by atoms with van der Waals surface area (Å²) >= 11 is 0. The first-order valence-electron chi connectivity index (χ1n) is 7.66. The van der Waals surface area contributed by atoms with E-state index >= 15 is 0 Å².